The Labute approximate surface area is 191 Å². The van der Waals surface area contributed by atoms with Gasteiger partial charge in [-0.15, -0.1) is 0 Å². The number of anilines is 3. The van der Waals surface area contributed by atoms with Gasteiger partial charge in [0.25, 0.3) is 0 Å². The molecule has 4 rings (SSSR count). The van der Waals surface area contributed by atoms with Crippen molar-refractivity contribution in [1.82, 2.24) is 9.80 Å². The van der Waals surface area contributed by atoms with Crippen LogP contribution in [0.1, 0.15) is 12.0 Å². The van der Waals surface area contributed by atoms with Gasteiger partial charge in [0, 0.05) is 62.9 Å². The molecule has 2 aromatic rings. The standard InChI is InChI=1S/C24H29F3N4O2/c25-24(26,27)18-33-17-3-11-29-13-15-30(16-14-29)23(32)28-20-6-8-21(9-7-20)31-12-10-19-4-1-2-5-22(19)31/h1-2,4-9H,3,10-18H2,(H,28,32). The number of hydrogen-bond acceptors (Lipinski definition) is 4. The van der Waals surface area contributed by atoms with Crippen molar-refractivity contribution >= 4 is 23.1 Å². The number of ether oxygens (including phenoxy) is 1. The Morgan fingerprint density at radius 3 is 2.42 bits per heavy atom. The Hall–Kier alpha value is -2.78. The Morgan fingerprint density at radius 2 is 1.70 bits per heavy atom. The van der Waals surface area contributed by atoms with Crippen LogP contribution in [0.2, 0.25) is 0 Å². The van der Waals surface area contributed by atoms with Crippen LogP contribution in [0.4, 0.5) is 35.0 Å². The quantitative estimate of drug-likeness (QED) is 0.616. The molecule has 2 aliphatic heterocycles. The maximum atomic E-state index is 12.6. The van der Waals surface area contributed by atoms with Crippen LogP contribution in [0, 0.1) is 0 Å². The van der Waals surface area contributed by atoms with Crippen molar-refractivity contribution in [3.05, 3.63) is 54.1 Å². The fraction of sp³-hybridized carbons (Fsp3) is 0.458. The largest absolute Gasteiger partial charge is 0.411 e. The lowest BCUT2D eigenvalue weighted by Gasteiger charge is -2.34. The number of nitrogens with zero attached hydrogens (tertiary/aromatic N) is 3. The fourth-order valence-electron chi connectivity index (χ4n) is 4.29. The van der Waals surface area contributed by atoms with Gasteiger partial charge in [-0.3, -0.25) is 4.90 Å². The monoisotopic (exact) mass is 462 g/mol. The number of halogens is 3. The third-order valence-corrected chi connectivity index (χ3v) is 6.01. The molecule has 6 nitrogen and oxygen atoms in total. The molecule has 0 bridgehead atoms. The number of piperazine rings is 1. The maximum absolute atomic E-state index is 12.6. The van der Waals surface area contributed by atoms with Crippen LogP contribution in [0.25, 0.3) is 0 Å². The summed E-state index contributed by atoms with van der Waals surface area (Å²) in [7, 11) is 0. The second kappa shape index (κ2) is 10.4. The van der Waals surface area contributed by atoms with Crippen LogP contribution < -0.4 is 10.2 Å². The molecule has 178 valence electrons. The second-order valence-corrected chi connectivity index (χ2v) is 8.36. The summed E-state index contributed by atoms with van der Waals surface area (Å²) >= 11 is 0. The molecule has 0 aromatic heterocycles. The highest BCUT2D eigenvalue weighted by Crippen LogP contribution is 2.34. The van der Waals surface area contributed by atoms with Crippen molar-refractivity contribution in [2.45, 2.75) is 19.0 Å². The zero-order chi connectivity index (χ0) is 23.3. The molecule has 1 N–H and O–H groups in total. The van der Waals surface area contributed by atoms with Crippen molar-refractivity contribution in [2.24, 2.45) is 0 Å². The molecule has 0 aliphatic carbocycles. The molecule has 1 saturated heterocycles. The van der Waals surface area contributed by atoms with E-state index in [2.05, 4.69) is 38.1 Å². The average molecular weight is 463 g/mol. The Kier molecular flexibility index (Phi) is 7.39. The van der Waals surface area contributed by atoms with Crippen molar-refractivity contribution < 1.29 is 22.7 Å². The molecule has 2 heterocycles. The van der Waals surface area contributed by atoms with Crippen LogP contribution in [0.3, 0.4) is 0 Å². The average Bonchev–Trinajstić information content (AvgIpc) is 3.23. The van der Waals surface area contributed by atoms with Gasteiger partial charge in [0.15, 0.2) is 0 Å². The SMILES string of the molecule is O=C(Nc1ccc(N2CCc3ccccc32)cc1)N1CCN(CCCOCC(F)(F)F)CC1. The van der Waals surface area contributed by atoms with Crippen molar-refractivity contribution in [3.63, 3.8) is 0 Å². The Morgan fingerprint density at radius 1 is 0.970 bits per heavy atom. The van der Waals surface area contributed by atoms with Crippen molar-refractivity contribution in [1.29, 1.82) is 0 Å². The summed E-state index contributed by atoms with van der Waals surface area (Å²) < 4.78 is 40.9. The van der Waals surface area contributed by atoms with Crippen molar-refractivity contribution in [2.75, 3.05) is 62.7 Å². The molecule has 0 saturated carbocycles. The maximum Gasteiger partial charge on any atom is 0.411 e. The number of urea groups is 1. The molecule has 33 heavy (non-hydrogen) atoms. The van der Waals surface area contributed by atoms with E-state index in [9.17, 15) is 18.0 Å². The molecular formula is C24H29F3N4O2. The summed E-state index contributed by atoms with van der Waals surface area (Å²) in [5.74, 6) is 0. The van der Waals surface area contributed by atoms with Crippen LogP contribution in [0.15, 0.2) is 48.5 Å². The molecule has 1 fully saturated rings. The second-order valence-electron chi connectivity index (χ2n) is 8.36. The minimum absolute atomic E-state index is 0.0826. The summed E-state index contributed by atoms with van der Waals surface area (Å²) in [4.78, 5) is 18.8. The highest BCUT2D eigenvalue weighted by Gasteiger charge is 2.27. The van der Waals surface area contributed by atoms with Gasteiger partial charge in [-0.1, -0.05) is 18.2 Å². The summed E-state index contributed by atoms with van der Waals surface area (Å²) in [5.41, 5.74) is 4.44. The lowest BCUT2D eigenvalue weighted by Crippen LogP contribution is -2.50. The number of rotatable bonds is 7. The number of carbonyl (C=O) groups excluding carboxylic acids is 1. The van der Waals surface area contributed by atoms with Gasteiger partial charge in [-0.2, -0.15) is 13.2 Å². The topological polar surface area (TPSA) is 48.1 Å². The molecule has 9 heteroatoms. The highest BCUT2D eigenvalue weighted by atomic mass is 19.4. The first-order valence-corrected chi connectivity index (χ1v) is 11.3. The number of para-hydroxylation sites is 1. The van der Waals surface area contributed by atoms with E-state index < -0.39 is 12.8 Å². The van der Waals surface area contributed by atoms with Gasteiger partial charge in [-0.25, -0.2) is 4.79 Å². The number of amides is 2. The van der Waals surface area contributed by atoms with E-state index in [4.69, 9.17) is 0 Å². The first-order valence-electron chi connectivity index (χ1n) is 11.3. The number of alkyl halides is 3. The minimum atomic E-state index is -4.28. The summed E-state index contributed by atoms with van der Waals surface area (Å²) in [6.45, 7) is 3.04. The molecule has 2 amide bonds. The Balaban J connectivity index is 1.19. The van der Waals surface area contributed by atoms with E-state index in [1.807, 2.05) is 30.3 Å². The Bertz CT molecular complexity index is 928. The van der Waals surface area contributed by atoms with Gasteiger partial charge < -0.3 is 19.9 Å². The van der Waals surface area contributed by atoms with E-state index in [1.165, 1.54) is 11.3 Å². The number of carbonyl (C=O) groups is 1. The molecule has 0 radical (unpaired) electrons. The lowest BCUT2D eigenvalue weighted by atomic mass is 10.2. The number of hydrogen-bond donors (Lipinski definition) is 1. The molecule has 2 aromatic carbocycles. The summed E-state index contributed by atoms with van der Waals surface area (Å²) in [6.07, 6.45) is -2.71. The number of fused-ring (bicyclic) bond motifs is 1. The number of nitrogens with one attached hydrogen (secondary N) is 1. The highest BCUT2D eigenvalue weighted by molar-refractivity contribution is 5.89. The van der Waals surface area contributed by atoms with Crippen LogP contribution >= 0.6 is 0 Å². The van der Waals surface area contributed by atoms with Crippen LogP contribution in [-0.4, -0.2) is 74.5 Å². The number of benzene rings is 2. The first-order chi connectivity index (χ1) is 15.9. The van der Waals surface area contributed by atoms with Gasteiger partial charge >= 0.3 is 12.2 Å². The van der Waals surface area contributed by atoms with Crippen molar-refractivity contribution in [3.8, 4) is 0 Å². The summed E-state index contributed by atoms with van der Waals surface area (Å²) in [6, 6.07) is 16.2. The third-order valence-electron chi connectivity index (χ3n) is 6.01. The van der Waals surface area contributed by atoms with Gasteiger partial charge in [-0.05, 0) is 48.7 Å². The van der Waals surface area contributed by atoms with E-state index in [0.29, 0.717) is 39.1 Å². The van der Waals surface area contributed by atoms with Crippen LogP contribution in [-0.2, 0) is 11.2 Å². The summed E-state index contributed by atoms with van der Waals surface area (Å²) in [5, 5.41) is 2.96. The predicted octanol–water partition coefficient (Wildman–Crippen LogP) is 4.50. The molecule has 2 aliphatic rings. The molecular weight excluding hydrogens is 433 g/mol. The first kappa shape index (κ1) is 23.4. The van der Waals surface area contributed by atoms with E-state index in [0.717, 1.165) is 24.3 Å². The van der Waals surface area contributed by atoms with E-state index in [1.54, 1.807) is 4.90 Å². The molecule has 0 unspecified atom stereocenters. The lowest BCUT2D eigenvalue weighted by molar-refractivity contribution is -0.174. The molecule has 0 atom stereocenters. The van der Waals surface area contributed by atoms with Crippen LogP contribution in [0.5, 0.6) is 0 Å². The molecule has 0 spiro atoms. The zero-order valence-corrected chi connectivity index (χ0v) is 18.5. The normalized spacial score (nSPS) is 16.7. The van der Waals surface area contributed by atoms with E-state index in [-0.39, 0.29) is 12.6 Å². The van der Waals surface area contributed by atoms with Gasteiger partial charge in [0.1, 0.15) is 6.61 Å². The fourth-order valence-corrected chi connectivity index (χ4v) is 4.29. The zero-order valence-electron chi connectivity index (χ0n) is 18.5. The van der Waals surface area contributed by atoms with Gasteiger partial charge in [0.05, 0.1) is 0 Å². The van der Waals surface area contributed by atoms with Gasteiger partial charge in [0.2, 0.25) is 0 Å². The predicted molar refractivity (Wildman–Crippen MR) is 122 cm³/mol. The van der Waals surface area contributed by atoms with E-state index >= 15 is 0 Å². The smallest absolute Gasteiger partial charge is 0.372 e. The third kappa shape index (κ3) is 6.39. The minimum Gasteiger partial charge on any atom is -0.372 e.